The standard InChI is InChI=1S/C14H21N3O.ClH/c1-11-9-16-6-7-17(11)10-12-4-3-5-13(8-12)14(18)15-2;/h3-5,8,11,16H,6-7,9-10H2,1-2H3,(H,15,18);1H/t11-;/m0./s1. The van der Waals surface area contributed by atoms with Gasteiger partial charge in [-0.1, -0.05) is 12.1 Å². The van der Waals surface area contributed by atoms with Crippen molar-refractivity contribution in [1.82, 2.24) is 15.5 Å². The average Bonchev–Trinajstić information content (AvgIpc) is 2.41. The highest BCUT2D eigenvalue weighted by atomic mass is 35.5. The molecular weight excluding hydrogens is 262 g/mol. The quantitative estimate of drug-likeness (QED) is 0.878. The van der Waals surface area contributed by atoms with Gasteiger partial charge in [0.2, 0.25) is 0 Å². The molecule has 0 radical (unpaired) electrons. The van der Waals surface area contributed by atoms with Crippen LogP contribution in [0.1, 0.15) is 22.8 Å². The number of rotatable bonds is 3. The summed E-state index contributed by atoms with van der Waals surface area (Å²) >= 11 is 0. The molecule has 1 amide bonds. The summed E-state index contributed by atoms with van der Waals surface area (Å²) in [7, 11) is 1.66. The highest BCUT2D eigenvalue weighted by molar-refractivity contribution is 5.94. The molecule has 2 rings (SSSR count). The second-order valence-corrected chi connectivity index (χ2v) is 4.80. The Morgan fingerprint density at radius 1 is 1.53 bits per heavy atom. The van der Waals surface area contributed by atoms with E-state index < -0.39 is 0 Å². The maximum Gasteiger partial charge on any atom is 0.251 e. The number of piperazine rings is 1. The Balaban J connectivity index is 0.00000180. The number of hydrogen-bond donors (Lipinski definition) is 2. The van der Waals surface area contributed by atoms with Crippen molar-refractivity contribution in [1.29, 1.82) is 0 Å². The fourth-order valence-electron chi connectivity index (χ4n) is 2.31. The number of nitrogens with zero attached hydrogens (tertiary/aromatic N) is 1. The third kappa shape index (κ3) is 4.20. The molecule has 1 aliphatic rings. The molecule has 2 N–H and O–H groups in total. The number of hydrogen-bond acceptors (Lipinski definition) is 3. The van der Waals surface area contributed by atoms with E-state index in [0.717, 1.165) is 31.7 Å². The third-order valence-electron chi connectivity index (χ3n) is 3.44. The number of halogens is 1. The smallest absolute Gasteiger partial charge is 0.251 e. The summed E-state index contributed by atoms with van der Waals surface area (Å²) in [5.74, 6) is -0.0230. The number of nitrogens with one attached hydrogen (secondary N) is 2. The molecule has 0 spiro atoms. The second kappa shape index (κ2) is 7.48. The maximum atomic E-state index is 11.6. The summed E-state index contributed by atoms with van der Waals surface area (Å²) < 4.78 is 0. The largest absolute Gasteiger partial charge is 0.355 e. The molecule has 1 saturated heterocycles. The van der Waals surface area contributed by atoms with Crippen molar-refractivity contribution in [3.05, 3.63) is 35.4 Å². The molecule has 106 valence electrons. The molecule has 0 aliphatic carbocycles. The Bertz CT molecular complexity index is 425. The van der Waals surface area contributed by atoms with Gasteiger partial charge in [0.1, 0.15) is 0 Å². The van der Waals surface area contributed by atoms with E-state index in [9.17, 15) is 4.79 Å². The van der Waals surface area contributed by atoms with Crippen LogP contribution in [0.3, 0.4) is 0 Å². The van der Waals surface area contributed by atoms with Crippen molar-refractivity contribution >= 4 is 18.3 Å². The predicted molar refractivity (Wildman–Crippen MR) is 79.8 cm³/mol. The Morgan fingerprint density at radius 2 is 2.32 bits per heavy atom. The van der Waals surface area contributed by atoms with Crippen molar-refractivity contribution in [2.45, 2.75) is 19.5 Å². The highest BCUT2D eigenvalue weighted by Crippen LogP contribution is 2.12. The van der Waals surface area contributed by atoms with Crippen LogP contribution >= 0.6 is 12.4 Å². The van der Waals surface area contributed by atoms with Crippen LogP contribution in [0.2, 0.25) is 0 Å². The van der Waals surface area contributed by atoms with Gasteiger partial charge in [-0.15, -0.1) is 12.4 Å². The molecule has 0 saturated carbocycles. The van der Waals surface area contributed by atoms with Gasteiger partial charge in [0.05, 0.1) is 0 Å². The maximum absolute atomic E-state index is 11.6. The van der Waals surface area contributed by atoms with E-state index in [0.29, 0.717) is 6.04 Å². The van der Waals surface area contributed by atoms with Gasteiger partial charge in [0, 0.05) is 44.8 Å². The van der Waals surface area contributed by atoms with E-state index >= 15 is 0 Å². The molecule has 0 unspecified atom stereocenters. The third-order valence-corrected chi connectivity index (χ3v) is 3.44. The number of amides is 1. The number of carbonyl (C=O) groups is 1. The Labute approximate surface area is 121 Å². The second-order valence-electron chi connectivity index (χ2n) is 4.80. The number of carbonyl (C=O) groups excluding carboxylic acids is 1. The van der Waals surface area contributed by atoms with Crippen LogP contribution in [0.15, 0.2) is 24.3 Å². The Morgan fingerprint density at radius 3 is 3.00 bits per heavy atom. The summed E-state index contributed by atoms with van der Waals surface area (Å²) in [6, 6.07) is 8.41. The summed E-state index contributed by atoms with van der Waals surface area (Å²) in [5, 5.41) is 6.04. The fraction of sp³-hybridized carbons (Fsp3) is 0.500. The fourth-order valence-corrected chi connectivity index (χ4v) is 2.31. The topological polar surface area (TPSA) is 44.4 Å². The van der Waals surface area contributed by atoms with Gasteiger partial charge in [0.25, 0.3) is 5.91 Å². The van der Waals surface area contributed by atoms with Crippen LogP contribution in [0.25, 0.3) is 0 Å². The van der Waals surface area contributed by atoms with Crippen LogP contribution in [-0.4, -0.2) is 43.5 Å². The monoisotopic (exact) mass is 283 g/mol. The molecule has 1 aromatic carbocycles. The first-order valence-electron chi connectivity index (χ1n) is 6.46. The van der Waals surface area contributed by atoms with Crippen LogP contribution in [0.5, 0.6) is 0 Å². The minimum atomic E-state index is -0.0230. The number of benzene rings is 1. The summed E-state index contributed by atoms with van der Waals surface area (Å²) in [4.78, 5) is 14.0. The minimum absolute atomic E-state index is 0. The molecule has 1 fully saturated rings. The molecule has 1 atom stereocenters. The first kappa shape index (κ1) is 16.0. The summed E-state index contributed by atoms with van der Waals surface area (Å²) in [5.41, 5.74) is 1.93. The minimum Gasteiger partial charge on any atom is -0.355 e. The lowest BCUT2D eigenvalue weighted by Crippen LogP contribution is -2.49. The lowest BCUT2D eigenvalue weighted by Gasteiger charge is -2.33. The Kier molecular flexibility index (Phi) is 6.28. The van der Waals surface area contributed by atoms with E-state index in [-0.39, 0.29) is 18.3 Å². The Hall–Kier alpha value is -1.10. The van der Waals surface area contributed by atoms with Crippen LogP contribution in [-0.2, 0) is 6.54 Å². The lowest BCUT2D eigenvalue weighted by atomic mass is 10.1. The molecule has 0 aromatic heterocycles. The van der Waals surface area contributed by atoms with Crippen LogP contribution < -0.4 is 10.6 Å². The van der Waals surface area contributed by atoms with Gasteiger partial charge in [0.15, 0.2) is 0 Å². The van der Waals surface area contributed by atoms with Gasteiger partial charge >= 0.3 is 0 Å². The van der Waals surface area contributed by atoms with Crippen molar-refractivity contribution < 1.29 is 4.79 Å². The van der Waals surface area contributed by atoms with Crippen LogP contribution in [0.4, 0.5) is 0 Å². The molecule has 1 heterocycles. The van der Waals surface area contributed by atoms with E-state index in [1.54, 1.807) is 7.05 Å². The SMILES string of the molecule is CNC(=O)c1cccc(CN2CCNC[C@@H]2C)c1.Cl. The van der Waals surface area contributed by atoms with Crippen molar-refractivity contribution in [2.24, 2.45) is 0 Å². The zero-order chi connectivity index (χ0) is 13.0. The molecule has 1 aliphatic heterocycles. The van der Waals surface area contributed by atoms with Gasteiger partial charge in [-0.25, -0.2) is 0 Å². The van der Waals surface area contributed by atoms with Gasteiger partial charge in [-0.2, -0.15) is 0 Å². The molecule has 4 nitrogen and oxygen atoms in total. The zero-order valence-electron chi connectivity index (χ0n) is 11.5. The van der Waals surface area contributed by atoms with E-state index in [1.165, 1.54) is 5.56 Å². The first-order chi connectivity index (χ1) is 8.70. The zero-order valence-corrected chi connectivity index (χ0v) is 12.3. The molecule has 19 heavy (non-hydrogen) atoms. The van der Waals surface area contributed by atoms with Gasteiger partial charge < -0.3 is 10.6 Å². The van der Waals surface area contributed by atoms with E-state index in [4.69, 9.17) is 0 Å². The molecular formula is C14H22ClN3O. The normalized spacial score (nSPS) is 19.6. The molecule has 5 heteroatoms. The lowest BCUT2D eigenvalue weighted by molar-refractivity contribution is 0.0963. The van der Waals surface area contributed by atoms with Crippen molar-refractivity contribution in [3.63, 3.8) is 0 Å². The van der Waals surface area contributed by atoms with Crippen molar-refractivity contribution in [3.8, 4) is 0 Å². The van der Waals surface area contributed by atoms with Gasteiger partial charge in [-0.05, 0) is 24.6 Å². The molecule has 1 aromatic rings. The summed E-state index contributed by atoms with van der Waals surface area (Å²) in [6.45, 7) is 6.28. The first-order valence-corrected chi connectivity index (χ1v) is 6.46. The predicted octanol–water partition coefficient (Wildman–Crippen LogP) is 1.26. The summed E-state index contributed by atoms with van der Waals surface area (Å²) in [6.07, 6.45) is 0. The molecule has 0 bridgehead atoms. The highest BCUT2D eigenvalue weighted by Gasteiger charge is 2.17. The van der Waals surface area contributed by atoms with Crippen molar-refractivity contribution in [2.75, 3.05) is 26.7 Å². The average molecular weight is 284 g/mol. The van der Waals surface area contributed by atoms with E-state index in [1.807, 2.05) is 18.2 Å². The van der Waals surface area contributed by atoms with E-state index in [2.05, 4.69) is 28.5 Å². The van der Waals surface area contributed by atoms with Gasteiger partial charge in [-0.3, -0.25) is 9.69 Å². The van der Waals surface area contributed by atoms with Crippen LogP contribution in [0, 0.1) is 0 Å².